The zero-order valence-corrected chi connectivity index (χ0v) is 22.7. The SMILES string of the molecule is CCCCCC1CCC(C2(C3CCC(CCCCC)CC3)C=CC(c3ccccc3F)C=C2)CC1. The van der Waals surface area contributed by atoms with Gasteiger partial charge >= 0.3 is 0 Å². The second kappa shape index (κ2) is 13.3. The first-order valence-electron chi connectivity index (χ1n) is 15.3. The van der Waals surface area contributed by atoms with Crippen LogP contribution in [0.25, 0.3) is 0 Å². The Morgan fingerprint density at radius 3 is 1.63 bits per heavy atom. The Bertz CT molecular complexity index is 758. The number of hydrogen-bond acceptors (Lipinski definition) is 0. The van der Waals surface area contributed by atoms with Crippen LogP contribution in [0.3, 0.4) is 0 Å². The van der Waals surface area contributed by atoms with Crippen LogP contribution in [-0.2, 0) is 0 Å². The van der Waals surface area contributed by atoms with Gasteiger partial charge in [-0.25, -0.2) is 4.39 Å². The Morgan fingerprint density at radius 1 is 0.686 bits per heavy atom. The molecule has 0 heterocycles. The van der Waals surface area contributed by atoms with Crippen molar-refractivity contribution < 1.29 is 4.39 Å². The third kappa shape index (κ3) is 6.69. The van der Waals surface area contributed by atoms with Gasteiger partial charge in [-0.2, -0.15) is 0 Å². The van der Waals surface area contributed by atoms with Crippen molar-refractivity contribution in [3.63, 3.8) is 0 Å². The van der Waals surface area contributed by atoms with E-state index in [4.69, 9.17) is 0 Å². The van der Waals surface area contributed by atoms with Gasteiger partial charge in [0.1, 0.15) is 5.82 Å². The van der Waals surface area contributed by atoms with E-state index in [-0.39, 0.29) is 17.2 Å². The van der Waals surface area contributed by atoms with E-state index in [1.807, 2.05) is 12.1 Å². The zero-order chi connectivity index (χ0) is 24.5. The molecule has 0 nitrogen and oxygen atoms in total. The molecule has 1 heteroatoms. The largest absolute Gasteiger partial charge is 0.207 e. The summed E-state index contributed by atoms with van der Waals surface area (Å²) >= 11 is 0. The highest BCUT2D eigenvalue weighted by molar-refractivity contribution is 5.36. The van der Waals surface area contributed by atoms with Gasteiger partial charge in [0.25, 0.3) is 0 Å². The monoisotopic (exact) mass is 478 g/mol. The molecule has 1 aromatic rings. The highest BCUT2D eigenvalue weighted by Crippen LogP contribution is 2.54. The minimum atomic E-state index is -0.0699. The first-order valence-corrected chi connectivity index (χ1v) is 15.3. The summed E-state index contributed by atoms with van der Waals surface area (Å²) in [5.41, 5.74) is 1.03. The molecule has 0 unspecified atom stereocenters. The van der Waals surface area contributed by atoms with Gasteiger partial charge in [-0.15, -0.1) is 0 Å². The maximum Gasteiger partial charge on any atom is 0.127 e. The van der Waals surface area contributed by atoms with Crippen molar-refractivity contribution in [3.05, 3.63) is 60.0 Å². The van der Waals surface area contributed by atoms with Crippen LogP contribution in [0.4, 0.5) is 4.39 Å². The molecule has 1 aromatic carbocycles. The molecular formula is C34H51F. The molecule has 0 saturated heterocycles. The van der Waals surface area contributed by atoms with Crippen molar-refractivity contribution in [2.75, 3.05) is 0 Å². The summed E-state index contributed by atoms with van der Waals surface area (Å²) in [7, 11) is 0. The Labute approximate surface area is 215 Å². The summed E-state index contributed by atoms with van der Waals surface area (Å²) < 4.78 is 14.5. The molecular weight excluding hydrogens is 427 g/mol. The van der Waals surface area contributed by atoms with Crippen molar-refractivity contribution in [2.24, 2.45) is 29.1 Å². The van der Waals surface area contributed by atoms with E-state index < -0.39 is 0 Å². The smallest absolute Gasteiger partial charge is 0.127 e. The van der Waals surface area contributed by atoms with Crippen molar-refractivity contribution in [1.29, 1.82) is 0 Å². The van der Waals surface area contributed by atoms with Crippen LogP contribution in [0.5, 0.6) is 0 Å². The van der Waals surface area contributed by atoms with Crippen molar-refractivity contribution >= 4 is 0 Å². The highest BCUT2D eigenvalue weighted by Gasteiger charge is 2.44. The molecule has 0 atom stereocenters. The fourth-order valence-electron chi connectivity index (χ4n) is 7.76. The maximum absolute atomic E-state index is 14.5. The predicted molar refractivity (Wildman–Crippen MR) is 149 cm³/mol. The molecule has 4 rings (SSSR count). The molecule has 0 aromatic heterocycles. The average Bonchev–Trinajstić information content (AvgIpc) is 2.90. The van der Waals surface area contributed by atoms with Crippen molar-refractivity contribution in [3.8, 4) is 0 Å². The van der Waals surface area contributed by atoms with E-state index in [2.05, 4.69) is 38.2 Å². The first kappa shape index (κ1) is 26.7. The summed E-state index contributed by atoms with van der Waals surface area (Å²) in [5.74, 6) is 3.44. The van der Waals surface area contributed by atoms with Crippen LogP contribution in [0, 0.1) is 34.9 Å². The number of halogens is 1. The number of hydrogen-bond donors (Lipinski definition) is 0. The summed E-state index contributed by atoms with van der Waals surface area (Å²) in [6.07, 6.45) is 32.3. The average molecular weight is 479 g/mol. The topological polar surface area (TPSA) is 0 Å². The lowest BCUT2D eigenvalue weighted by Crippen LogP contribution is -2.40. The molecule has 2 saturated carbocycles. The lowest BCUT2D eigenvalue weighted by Gasteiger charge is -2.49. The Balaban J connectivity index is 1.46. The highest BCUT2D eigenvalue weighted by atomic mass is 19.1. The molecule has 0 radical (unpaired) electrons. The van der Waals surface area contributed by atoms with Crippen molar-refractivity contribution in [1.82, 2.24) is 0 Å². The summed E-state index contributed by atoms with van der Waals surface area (Å²) in [4.78, 5) is 0. The Morgan fingerprint density at radius 2 is 1.17 bits per heavy atom. The predicted octanol–water partition coefficient (Wildman–Crippen LogP) is 10.8. The fraction of sp³-hybridized carbons (Fsp3) is 0.706. The summed E-state index contributed by atoms with van der Waals surface area (Å²) in [6, 6.07) is 7.35. The number of benzene rings is 1. The number of allylic oxidation sites excluding steroid dienone is 4. The second-order valence-corrected chi connectivity index (χ2v) is 12.2. The van der Waals surface area contributed by atoms with Gasteiger partial charge < -0.3 is 0 Å². The van der Waals surface area contributed by atoms with E-state index in [9.17, 15) is 4.39 Å². The summed E-state index contributed by atoms with van der Waals surface area (Å²) in [6.45, 7) is 4.63. The first-order chi connectivity index (χ1) is 17.2. The quantitative estimate of drug-likeness (QED) is 0.219. The van der Waals surface area contributed by atoms with Crippen LogP contribution in [0.15, 0.2) is 48.6 Å². The third-order valence-corrected chi connectivity index (χ3v) is 9.99. The molecule has 0 bridgehead atoms. The van der Waals surface area contributed by atoms with Crippen LogP contribution < -0.4 is 0 Å². The van der Waals surface area contributed by atoms with E-state index in [0.717, 1.165) is 29.2 Å². The molecule has 3 aliphatic carbocycles. The Hall–Kier alpha value is -1.37. The molecule has 0 spiro atoms. The zero-order valence-electron chi connectivity index (χ0n) is 22.7. The van der Waals surface area contributed by atoms with Gasteiger partial charge in [0.15, 0.2) is 0 Å². The molecule has 0 amide bonds. The van der Waals surface area contributed by atoms with E-state index in [1.165, 1.54) is 103 Å². The van der Waals surface area contributed by atoms with E-state index in [1.54, 1.807) is 12.1 Å². The van der Waals surface area contributed by atoms with Crippen LogP contribution in [-0.4, -0.2) is 0 Å². The van der Waals surface area contributed by atoms with Gasteiger partial charge in [0, 0.05) is 11.3 Å². The van der Waals surface area contributed by atoms with Gasteiger partial charge in [0.2, 0.25) is 0 Å². The van der Waals surface area contributed by atoms with Crippen LogP contribution >= 0.6 is 0 Å². The third-order valence-electron chi connectivity index (χ3n) is 9.99. The normalized spacial score (nSPS) is 33.2. The second-order valence-electron chi connectivity index (χ2n) is 12.2. The standard InChI is InChI=1S/C34H51F/c1-3-5-7-11-27-15-19-30(20-16-27)34(31-21-17-28(18-22-31)12-8-6-4-2)25-23-29(24-26-34)32-13-9-10-14-33(32)35/h9-10,13-14,23-31H,3-8,11-12,15-22H2,1-2H3. The van der Waals surface area contributed by atoms with Gasteiger partial charge in [-0.1, -0.05) is 133 Å². The minimum absolute atomic E-state index is 0.0699. The molecule has 2 fully saturated rings. The number of unbranched alkanes of at least 4 members (excludes halogenated alkanes) is 4. The summed E-state index contributed by atoms with van der Waals surface area (Å²) in [5, 5.41) is 0. The van der Waals surface area contributed by atoms with Crippen LogP contribution in [0.2, 0.25) is 0 Å². The van der Waals surface area contributed by atoms with Crippen LogP contribution in [0.1, 0.15) is 128 Å². The minimum Gasteiger partial charge on any atom is -0.207 e. The van der Waals surface area contributed by atoms with Gasteiger partial charge in [-0.05, 0) is 61.0 Å². The molecule has 0 N–H and O–H groups in total. The number of rotatable bonds is 11. The Kier molecular flexibility index (Phi) is 10.1. The lowest BCUT2D eigenvalue weighted by atomic mass is 9.55. The van der Waals surface area contributed by atoms with Crippen molar-refractivity contribution in [2.45, 2.75) is 122 Å². The molecule has 194 valence electrons. The van der Waals surface area contributed by atoms with Gasteiger partial charge in [-0.3, -0.25) is 0 Å². The molecule has 35 heavy (non-hydrogen) atoms. The lowest BCUT2D eigenvalue weighted by molar-refractivity contribution is 0.0821. The van der Waals surface area contributed by atoms with Gasteiger partial charge in [0.05, 0.1) is 0 Å². The maximum atomic E-state index is 14.5. The molecule has 3 aliphatic rings. The van der Waals surface area contributed by atoms with E-state index >= 15 is 0 Å². The fourth-order valence-corrected chi connectivity index (χ4v) is 7.76. The molecule has 0 aliphatic heterocycles. The van der Waals surface area contributed by atoms with E-state index in [0.29, 0.717) is 0 Å².